The summed E-state index contributed by atoms with van der Waals surface area (Å²) < 4.78 is 37.3. The van der Waals surface area contributed by atoms with Gasteiger partial charge in [-0.15, -0.1) is 0 Å². The van der Waals surface area contributed by atoms with Gasteiger partial charge >= 0.3 is 5.97 Å². The van der Waals surface area contributed by atoms with Gasteiger partial charge in [-0.25, -0.2) is 22.3 Å². The lowest BCUT2D eigenvalue weighted by molar-refractivity contribution is 0.0692. The Labute approximate surface area is 117 Å². The maximum absolute atomic E-state index is 13.4. The van der Waals surface area contributed by atoms with E-state index < -0.39 is 21.8 Å². The fourth-order valence-corrected chi connectivity index (χ4v) is 2.06. The molecule has 0 unspecified atom stereocenters. The molecule has 3 N–H and O–H groups in total. The summed E-state index contributed by atoms with van der Waals surface area (Å²) in [6, 6.07) is 3.93. The Morgan fingerprint density at radius 2 is 2.05 bits per heavy atom. The number of carboxylic acid groups (broad SMARTS) is 1. The summed E-state index contributed by atoms with van der Waals surface area (Å²) in [6.45, 7) is 1.28. The Morgan fingerprint density at radius 1 is 1.35 bits per heavy atom. The third-order valence-electron chi connectivity index (χ3n) is 2.49. The first-order valence-electron chi connectivity index (χ1n) is 5.96. The maximum Gasteiger partial charge on any atom is 0.338 e. The number of aromatic carboxylic acids is 1. The highest BCUT2D eigenvalue weighted by atomic mass is 32.2. The highest BCUT2D eigenvalue weighted by Gasteiger charge is 2.09. The molecule has 1 aromatic rings. The highest BCUT2D eigenvalue weighted by molar-refractivity contribution is 7.88. The summed E-state index contributed by atoms with van der Waals surface area (Å²) in [6.07, 6.45) is 1.69. The van der Waals surface area contributed by atoms with E-state index in [1.54, 1.807) is 0 Å². The van der Waals surface area contributed by atoms with Crippen LogP contribution >= 0.6 is 0 Å². The molecule has 0 aromatic heterocycles. The van der Waals surface area contributed by atoms with E-state index in [4.69, 9.17) is 5.11 Å². The molecular weight excluding hydrogens is 287 g/mol. The molecule has 0 aliphatic rings. The van der Waals surface area contributed by atoms with Gasteiger partial charge in [0.25, 0.3) is 0 Å². The number of sulfonamides is 1. The summed E-state index contributed by atoms with van der Waals surface area (Å²) in [5.41, 5.74) is 0.273. The number of hydrogen-bond donors (Lipinski definition) is 3. The van der Waals surface area contributed by atoms with Crippen LogP contribution in [0.3, 0.4) is 0 Å². The van der Waals surface area contributed by atoms with E-state index in [9.17, 15) is 17.6 Å². The van der Waals surface area contributed by atoms with E-state index >= 15 is 0 Å². The number of carbonyl (C=O) groups is 1. The summed E-state index contributed by atoms with van der Waals surface area (Å²) in [4.78, 5) is 10.6. The lowest BCUT2D eigenvalue weighted by atomic mass is 10.1. The van der Waals surface area contributed by atoms with Gasteiger partial charge in [0.2, 0.25) is 10.0 Å². The molecule has 0 spiro atoms. The van der Waals surface area contributed by atoms with Crippen molar-refractivity contribution in [1.82, 2.24) is 10.0 Å². The van der Waals surface area contributed by atoms with Gasteiger partial charge in [-0.1, -0.05) is 6.07 Å². The van der Waals surface area contributed by atoms with Crippen molar-refractivity contribution in [1.29, 1.82) is 0 Å². The van der Waals surface area contributed by atoms with Crippen LogP contribution in [0.2, 0.25) is 0 Å². The molecule has 0 aliphatic heterocycles. The number of carboxylic acids is 1. The van der Waals surface area contributed by atoms with Crippen LogP contribution in [0.4, 0.5) is 4.39 Å². The Balaban J connectivity index is 2.33. The zero-order chi connectivity index (χ0) is 15.2. The fourth-order valence-electron chi connectivity index (χ4n) is 1.55. The maximum atomic E-state index is 13.4. The van der Waals surface area contributed by atoms with Crippen LogP contribution in [0, 0.1) is 5.82 Å². The van der Waals surface area contributed by atoms with Gasteiger partial charge in [-0.05, 0) is 30.7 Å². The van der Waals surface area contributed by atoms with Crippen molar-refractivity contribution < 1.29 is 22.7 Å². The Morgan fingerprint density at radius 3 is 2.60 bits per heavy atom. The summed E-state index contributed by atoms with van der Waals surface area (Å²) in [5, 5.41) is 11.7. The minimum atomic E-state index is -3.16. The molecule has 0 saturated carbocycles. The first-order chi connectivity index (χ1) is 9.29. The fraction of sp³-hybridized carbons (Fsp3) is 0.417. The smallest absolute Gasteiger partial charge is 0.338 e. The Bertz CT molecular complexity index is 575. The monoisotopic (exact) mass is 304 g/mol. The van der Waals surface area contributed by atoms with E-state index in [2.05, 4.69) is 10.0 Å². The minimum Gasteiger partial charge on any atom is -0.478 e. The predicted molar refractivity (Wildman–Crippen MR) is 72.5 cm³/mol. The molecule has 0 bridgehead atoms. The predicted octanol–water partition coefficient (Wildman–Crippen LogP) is 0.553. The van der Waals surface area contributed by atoms with E-state index in [-0.39, 0.29) is 5.56 Å². The van der Waals surface area contributed by atoms with E-state index in [0.29, 0.717) is 31.6 Å². The summed E-state index contributed by atoms with van der Waals surface area (Å²) in [5.74, 6) is -2.07. The molecule has 1 aromatic carbocycles. The van der Waals surface area contributed by atoms with Crippen molar-refractivity contribution >= 4 is 16.0 Å². The SMILES string of the molecule is CS(=O)(=O)NCCCNCc1ccc(C(=O)O)c(F)c1. The molecule has 8 heteroatoms. The van der Waals surface area contributed by atoms with E-state index in [1.807, 2.05) is 0 Å². The van der Waals surface area contributed by atoms with Gasteiger partial charge < -0.3 is 10.4 Å². The van der Waals surface area contributed by atoms with E-state index in [1.165, 1.54) is 18.2 Å². The highest BCUT2D eigenvalue weighted by Crippen LogP contribution is 2.10. The van der Waals surface area contributed by atoms with Crippen molar-refractivity contribution in [3.8, 4) is 0 Å². The summed E-state index contributed by atoms with van der Waals surface area (Å²) in [7, 11) is -3.16. The molecule has 1 rings (SSSR count). The second-order valence-corrected chi connectivity index (χ2v) is 6.15. The Kier molecular flexibility index (Phi) is 6.05. The third kappa shape index (κ3) is 6.09. The second-order valence-electron chi connectivity index (χ2n) is 4.32. The van der Waals surface area contributed by atoms with Crippen LogP contribution in [0.25, 0.3) is 0 Å². The molecule has 0 radical (unpaired) electrons. The molecule has 0 fully saturated rings. The van der Waals surface area contributed by atoms with Crippen LogP contribution in [0.15, 0.2) is 18.2 Å². The molecule has 0 saturated heterocycles. The van der Waals surface area contributed by atoms with Crippen molar-refractivity contribution in [3.05, 3.63) is 35.1 Å². The molecule has 0 aliphatic carbocycles. The van der Waals surface area contributed by atoms with Crippen LogP contribution in [-0.2, 0) is 16.6 Å². The lowest BCUT2D eigenvalue weighted by Crippen LogP contribution is -2.26. The number of hydrogen-bond acceptors (Lipinski definition) is 4. The zero-order valence-electron chi connectivity index (χ0n) is 11.0. The molecule has 0 heterocycles. The molecule has 112 valence electrons. The van der Waals surface area contributed by atoms with Crippen LogP contribution in [0.5, 0.6) is 0 Å². The first kappa shape index (κ1) is 16.5. The van der Waals surface area contributed by atoms with Crippen molar-refractivity contribution in [3.63, 3.8) is 0 Å². The number of halogens is 1. The minimum absolute atomic E-state index is 0.331. The summed E-state index contributed by atoms with van der Waals surface area (Å²) >= 11 is 0. The molecule has 6 nitrogen and oxygen atoms in total. The van der Waals surface area contributed by atoms with Gasteiger partial charge in [0.05, 0.1) is 11.8 Å². The zero-order valence-corrected chi connectivity index (χ0v) is 11.8. The molecule has 20 heavy (non-hydrogen) atoms. The standard InChI is InChI=1S/C12H17FN2O4S/c1-20(18,19)15-6-2-5-14-8-9-3-4-10(12(16)17)11(13)7-9/h3-4,7,14-15H,2,5-6,8H2,1H3,(H,16,17). The van der Waals surface area contributed by atoms with E-state index in [0.717, 1.165) is 6.26 Å². The normalized spacial score (nSPS) is 11.5. The van der Waals surface area contributed by atoms with Gasteiger partial charge in [-0.2, -0.15) is 0 Å². The lowest BCUT2D eigenvalue weighted by Gasteiger charge is -2.06. The molecule has 0 amide bonds. The largest absolute Gasteiger partial charge is 0.478 e. The number of rotatable bonds is 8. The second kappa shape index (κ2) is 7.32. The van der Waals surface area contributed by atoms with Crippen molar-refractivity contribution in [2.75, 3.05) is 19.3 Å². The molecule has 0 atom stereocenters. The third-order valence-corrected chi connectivity index (χ3v) is 3.22. The van der Waals surface area contributed by atoms with Gasteiger partial charge in [-0.3, -0.25) is 0 Å². The number of nitrogens with one attached hydrogen (secondary N) is 2. The first-order valence-corrected chi connectivity index (χ1v) is 7.86. The van der Waals surface area contributed by atoms with Crippen molar-refractivity contribution in [2.45, 2.75) is 13.0 Å². The Hall–Kier alpha value is -1.51. The van der Waals surface area contributed by atoms with Gasteiger partial charge in [0.1, 0.15) is 5.82 Å². The van der Waals surface area contributed by atoms with Crippen LogP contribution in [-0.4, -0.2) is 38.8 Å². The topological polar surface area (TPSA) is 95.5 Å². The molecular formula is C12H17FN2O4S. The van der Waals surface area contributed by atoms with Crippen LogP contribution in [0.1, 0.15) is 22.3 Å². The quantitative estimate of drug-likeness (QED) is 0.610. The van der Waals surface area contributed by atoms with Crippen molar-refractivity contribution in [2.24, 2.45) is 0 Å². The van der Waals surface area contributed by atoms with Gasteiger partial charge in [0, 0.05) is 13.1 Å². The number of benzene rings is 1. The average Bonchev–Trinajstić information content (AvgIpc) is 2.32. The van der Waals surface area contributed by atoms with Gasteiger partial charge in [0.15, 0.2) is 0 Å². The van der Waals surface area contributed by atoms with Crippen LogP contribution < -0.4 is 10.0 Å². The average molecular weight is 304 g/mol.